The standard InChI is InChI=1S/C28H36ClFN6O3/c1-2-25(38)34-12-14-35(15-13-34)27-21-7-11-36(24-18-20(37)17-22(29)26(24)30)19-23(21)31-28(32-27)39-16-6-10-33-8-4-3-5-9-33/h2,17-18,37H,1,3-16,19H2. The van der Waals surface area contributed by atoms with E-state index in [9.17, 15) is 14.3 Å². The first kappa shape index (κ1) is 27.5. The molecule has 0 spiro atoms. The minimum Gasteiger partial charge on any atom is -0.508 e. The number of aromatic hydroxyl groups is 1. The average Bonchev–Trinajstić information content (AvgIpc) is 2.96. The fourth-order valence-corrected chi connectivity index (χ4v) is 5.82. The molecular formula is C28H36ClFN6O3. The Balaban J connectivity index is 1.35. The van der Waals surface area contributed by atoms with Crippen LogP contribution < -0.4 is 14.5 Å². The molecule has 2 aromatic rings. The first-order valence-corrected chi connectivity index (χ1v) is 14.1. The summed E-state index contributed by atoms with van der Waals surface area (Å²) in [5.41, 5.74) is 2.01. The van der Waals surface area contributed by atoms with E-state index < -0.39 is 5.82 Å². The third kappa shape index (κ3) is 6.38. The van der Waals surface area contributed by atoms with Gasteiger partial charge in [-0.2, -0.15) is 9.97 Å². The number of anilines is 2. The van der Waals surface area contributed by atoms with Gasteiger partial charge in [-0.1, -0.05) is 24.6 Å². The molecule has 1 aromatic heterocycles. The number of fused-ring (bicyclic) bond motifs is 1. The predicted molar refractivity (Wildman–Crippen MR) is 149 cm³/mol. The maximum Gasteiger partial charge on any atom is 0.318 e. The maximum atomic E-state index is 14.9. The van der Waals surface area contributed by atoms with Gasteiger partial charge in [0.1, 0.15) is 11.6 Å². The van der Waals surface area contributed by atoms with Crippen molar-refractivity contribution in [2.45, 2.75) is 38.6 Å². The summed E-state index contributed by atoms with van der Waals surface area (Å²) in [6, 6.07) is 2.90. The van der Waals surface area contributed by atoms with E-state index in [1.165, 1.54) is 37.5 Å². The number of hydrogen-bond acceptors (Lipinski definition) is 8. The highest BCUT2D eigenvalue weighted by Gasteiger charge is 2.29. The van der Waals surface area contributed by atoms with Gasteiger partial charge < -0.3 is 29.4 Å². The normalized spacial score (nSPS) is 18.2. The lowest BCUT2D eigenvalue weighted by Crippen LogP contribution is -2.49. The van der Waals surface area contributed by atoms with E-state index >= 15 is 0 Å². The van der Waals surface area contributed by atoms with Crippen LogP contribution in [0, 0.1) is 5.82 Å². The van der Waals surface area contributed by atoms with Crippen LogP contribution in [-0.2, 0) is 17.8 Å². The van der Waals surface area contributed by atoms with E-state index in [0.717, 1.165) is 43.1 Å². The van der Waals surface area contributed by atoms with Gasteiger partial charge in [0, 0.05) is 57.0 Å². The van der Waals surface area contributed by atoms with Crippen molar-refractivity contribution in [3.8, 4) is 11.8 Å². The van der Waals surface area contributed by atoms with Crippen LogP contribution in [0.2, 0.25) is 5.02 Å². The van der Waals surface area contributed by atoms with Crippen LogP contribution in [0.1, 0.15) is 36.9 Å². The number of rotatable bonds is 8. The first-order chi connectivity index (χ1) is 18.9. The average molecular weight is 559 g/mol. The minimum atomic E-state index is -0.565. The van der Waals surface area contributed by atoms with Gasteiger partial charge in [0.2, 0.25) is 5.91 Å². The molecule has 0 aliphatic carbocycles. The number of piperidine rings is 1. The van der Waals surface area contributed by atoms with E-state index in [1.54, 1.807) is 4.90 Å². The highest BCUT2D eigenvalue weighted by atomic mass is 35.5. The third-order valence-electron chi connectivity index (χ3n) is 7.72. The molecule has 0 unspecified atom stereocenters. The molecule has 0 radical (unpaired) electrons. The minimum absolute atomic E-state index is 0.0699. The predicted octanol–water partition coefficient (Wildman–Crippen LogP) is 3.63. The van der Waals surface area contributed by atoms with E-state index in [-0.39, 0.29) is 22.4 Å². The SMILES string of the molecule is C=CC(=O)N1CCN(c2nc(OCCCN3CCCCC3)nc3c2CCN(c2cc(O)cc(Cl)c2F)C3)CC1. The monoisotopic (exact) mass is 558 g/mol. The molecule has 39 heavy (non-hydrogen) atoms. The van der Waals surface area contributed by atoms with E-state index in [2.05, 4.69) is 16.4 Å². The molecular weight excluding hydrogens is 523 g/mol. The Morgan fingerprint density at radius 3 is 2.59 bits per heavy atom. The molecule has 2 saturated heterocycles. The molecule has 1 amide bonds. The number of nitrogens with zero attached hydrogens (tertiary/aromatic N) is 6. The van der Waals surface area contributed by atoms with Gasteiger partial charge in [-0.05, 0) is 44.8 Å². The number of piperazine rings is 1. The van der Waals surface area contributed by atoms with Crippen LogP contribution >= 0.6 is 11.6 Å². The number of phenols is 1. The second-order valence-corrected chi connectivity index (χ2v) is 10.7. The third-order valence-corrected chi connectivity index (χ3v) is 8.00. The second-order valence-electron chi connectivity index (χ2n) is 10.3. The molecule has 11 heteroatoms. The Kier molecular flexibility index (Phi) is 8.72. The summed E-state index contributed by atoms with van der Waals surface area (Å²) in [5, 5.41) is 9.91. The van der Waals surface area contributed by atoms with Gasteiger partial charge >= 0.3 is 6.01 Å². The van der Waals surface area contributed by atoms with Crippen molar-refractivity contribution in [3.63, 3.8) is 0 Å². The highest BCUT2D eigenvalue weighted by molar-refractivity contribution is 6.31. The Hall–Kier alpha value is -3.11. The van der Waals surface area contributed by atoms with Gasteiger partial charge in [0.25, 0.3) is 0 Å². The molecule has 1 N–H and O–H groups in total. The van der Waals surface area contributed by atoms with Gasteiger partial charge in [0.15, 0.2) is 5.82 Å². The Morgan fingerprint density at radius 2 is 1.85 bits per heavy atom. The highest BCUT2D eigenvalue weighted by Crippen LogP contribution is 2.36. The fraction of sp³-hybridized carbons (Fsp3) is 0.536. The maximum absolute atomic E-state index is 14.9. The van der Waals surface area contributed by atoms with Crippen molar-refractivity contribution in [1.29, 1.82) is 0 Å². The number of hydrogen-bond donors (Lipinski definition) is 1. The van der Waals surface area contributed by atoms with Crippen molar-refractivity contribution in [2.24, 2.45) is 0 Å². The van der Waals surface area contributed by atoms with Crippen LogP contribution in [0.25, 0.3) is 0 Å². The van der Waals surface area contributed by atoms with Crippen LogP contribution in [0.3, 0.4) is 0 Å². The molecule has 1 aromatic carbocycles. The lowest BCUT2D eigenvalue weighted by Gasteiger charge is -2.38. The fourth-order valence-electron chi connectivity index (χ4n) is 5.61. The van der Waals surface area contributed by atoms with Crippen LogP contribution in [0.5, 0.6) is 11.8 Å². The molecule has 210 valence electrons. The number of carbonyl (C=O) groups is 1. The zero-order chi connectivity index (χ0) is 27.4. The molecule has 0 bridgehead atoms. The van der Waals surface area contributed by atoms with Crippen LogP contribution in [0.4, 0.5) is 15.9 Å². The van der Waals surface area contributed by atoms with Crippen LogP contribution in [-0.4, -0.2) is 89.7 Å². The Labute approximate surface area is 233 Å². The first-order valence-electron chi connectivity index (χ1n) is 13.8. The second kappa shape index (κ2) is 12.4. The molecule has 2 fully saturated rings. The van der Waals surface area contributed by atoms with Gasteiger partial charge in [-0.15, -0.1) is 0 Å². The zero-order valence-corrected chi connectivity index (χ0v) is 23.0. The lowest BCUT2D eigenvalue weighted by molar-refractivity contribution is -0.126. The molecule has 3 aliphatic rings. The van der Waals surface area contributed by atoms with Gasteiger partial charge in [0.05, 0.1) is 29.6 Å². The number of likely N-dealkylation sites (tertiary alicyclic amines) is 1. The number of amides is 1. The lowest BCUT2D eigenvalue weighted by atomic mass is 10.0. The quantitative estimate of drug-likeness (QED) is 0.388. The van der Waals surface area contributed by atoms with Crippen molar-refractivity contribution in [2.75, 3.05) is 68.8 Å². The van der Waals surface area contributed by atoms with E-state index in [1.807, 2.05) is 4.90 Å². The van der Waals surface area contributed by atoms with Crippen molar-refractivity contribution in [1.82, 2.24) is 19.8 Å². The van der Waals surface area contributed by atoms with Gasteiger partial charge in [-0.3, -0.25) is 4.79 Å². The van der Waals surface area contributed by atoms with Gasteiger partial charge in [-0.25, -0.2) is 4.39 Å². The summed E-state index contributed by atoms with van der Waals surface area (Å²) >= 11 is 6.01. The Bertz CT molecular complexity index is 1200. The number of ether oxygens (including phenoxy) is 1. The van der Waals surface area contributed by atoms with Crippen molar-refractivity contribution in [3.05, 3.63) is 46.9 Å². The van der Waals surface area contributed by atoms with Crippen molar-refractivity contribution < 1.29 is 19.0 Å². The van der Waals surface area contributed by atoms with Crippen LogP contribution in [0.15, 0.2) is 24.8 Å². The number of aromatic nitrogens is 2. The van der Waals surface area contributed by atoms with Crippen molar-refractivity contribution >= 4 is 29.0 Å². The molecule has 3 aliphatic heterocycles. The smallest absolute Gasteiger partial charge is 0.318 e. The number of phenolic OH excluding ortho intramolecular Hbond substituents is 1. The molecule has 9 nitrogen and oxygen atoms in total. The Morgan fingerprint density at radius 1 is 1.08 bits per heavy atom. The summed E-state index contributed by atoms with van der Waals surface area (Å²) in [4.78, 5) is 29.9. The molecule has 0 atom stereocenters. The number of benzene rings is 1. The largest absolute Gasteiger partial charge is 0.508 e. The molecule has 4 heterocycles. The summed E-state index contributed by atoms with van der Waals surface area (Å²) in [6.07, 6.45) is 6.65. The molecule has 5 rings (SSSR count). The van der Waals surface area contributed by atoms with E-state index in [0.29, 0.717) is 58.3 Å². The zero-order valence-electron chi connectivity index (χ0n) is 22.2. The summed E-state index contributed by atoms with van der Waals surface area (Å²) < 4.78 is 21.0. The number of halogens is 2. The number of carbonyl (C=O) groups excluding carboxylic acids is 1. The topological polar surface area (TPSA) is 85.3 Å². The summed E-state index contributed by atoms with van der Waals surface area (Å²) in [5.74, 6) is 0.0879. The summed E-state index contributed by atoms with van der Waals surface area (Å²) in [6.45, 7) is 10.7. The summed E-state index contributed by atoms with van der Waals surface area (Å²) in [7, 11) is 0. The van der Waals surface area contributed by atoms with E-state index in [4.69, 9.17) is 26.3 Å². The molecule has 0 saturated carbocycles.